The molecule has 0 aliphatic heterocycles. The van der Waals surface area contributed by atoms with E-state index in [4.69, 9.17) is 0 Å². The van der Waals surface area contributed by atoms with Crippen LogP contribution >= 0.6 is 0 Å². The first-order chi connectivity index (χ1) is 8.47. The van der Waals surface area contributed by atoms with Crippen LogP contribution in [0.4, 0.5) is 0 Å². The van der Waals surface area contributed by atoms with E-state index in [0.29, 0.717) is 11.0 Å². The summed E-state index contributed by atoms with van der Waals surface area (Å²) in [6, 6.07) is 9.91. The lowest BCUT2D eigenvalue weighted by molar-refractivity contribution is -0.862. The van der Waals surface area contributed by atoms with Crippen molar-refractivity contribution in [3.63, 3.8) is 0 Å². The summed E-state index contributed by atoms with van der Waals surface area (Å²) in [5.74, 6) is -0.0909. The zero-order valence-corrected chi connectivity index (χ0v) is 11.1. The van der Waals surface area contributed by atoms with Crippen LogP contribution in [0.15, 0.2) is 41.5 Å². The van der Waals surface area contributed by atoms with E-state index in [1.54, 1.807) is 12.3 Å². The van der Waals surface area contributed by atoms with Crippen molar-refractivity contribution < 1.29 is 9.28 Å². The molecular weight excluding hydrogens is 226 g/mol. The van der Waals surface area contributed by atoms with E-state index in [1.165, 1.54) is 0 Å². The molecule has 0 saturated carbocycles. The highest BCUT2D eigenvalue weighted by atomic mass is 16.2. The molecule has 0 aliphatic carbocycles. The highest BCUT2D eigenvalue weighted by molar-refractivity contribution is 5.81. The molecule has 0 aliphatic rings. The third kappa shape index (κ3) is 6.60. The van der Waals surface area contributed by atoms with Gasteiger partial charge >= 0.3 is 0 Å². The predicted molar refractivity (Wildman–Crippen MR) is 75.0 cm³/mol. The number of hydrazone groups is 1. The lowest BCUT2D eigenvalue weighted by atomic mass is 10.2. The zero-order chi connectivity index (χ0) is 13.4. The molecule has 1 rings (SSSR count). The molecule has 1 aromatic carbocycles. The number of hydrogen-bond donors (Lipinski definition) is 1. The predicted octanol–water partition coefficient (Wildman–Crippen LogP) is 1.51. The zero-order valence-electron chi connectivity index (χ0n) is 11.1. The fourth-order valence-electron chi connectivity index (χ4n) is 1.34. The lowest BCUT2D eigenvalue weighted by Crippen LogP contribution is -2.43. The number of hydrogen-bond acceptors (Lipinski definition) is 2. The molecule has 4 heteroatoms. The van der Waals surface area contributed by atoms with Crippen LogP contribution in [0, 0.1) is 0 Å². The van der Waals surface area contributed by atoms with Crippen molar-refractivity contribution in [1.29, 1.82) is 0 Å². The number of nitrogens with zero attached hydrogens (tertiary/aromatic N) is 2. The molecule has 0 aromatic heterocycles. The molecule has 0 unspecified atom stereocenters. The van der Waals surface area contributed by atoms with Gasteiger partial charge in [-0.15, -0.1) is 0 Å². The first-order valence-electron chi connectivity index (χ1n) is 5.81. The fourth-order valence-corrected chi connectivity index (χ4v) is 1.34. The van der Waals surface area contributed by atoms with Crippen LogP contribution < -0.4 is 5.43 Å². The first kappa shape index (κ1) is 14.1. The van der Waals surface area contributed by atoms with Crippen LogP contribution in [-0.2, 0) is 4.79 Å². The Balaban J connectivity index is 2.34. The van der Waals surface area contributed by atoms with Gasteiger partial charge in [0.2, 0.25) is 0 Å². The van der Waals surface area contributed by atoms with Gasteiger partial charge in [0, 0.05) is 6.21 Å². The van der Waals surface area contributed by atoms with E-state index in [2.05, 4.69) is 10.5 Å². The number of likely N-dealkylation sites (N-methyl/N-ethyl adjacent to an activating group) is 1. The molecule has 4 nitrogen and oxygen atoms in total. The fraction of sp³-hybridized carbons (Fsp3) is 0.286. The molecular formula is C14H20N3O+. The molecule has 0 radical (unpaired) electrons. The monoisotopic (exact) mass is 246 g/mol. The van der Waals surface area contributed by atoms with E-state index < -0.39 is 0 Å². The average Bonchev–Trinajstić information content (AvgIpc) is 2.27. The van der Waals surface area contributed by atoms with Crippen LogP contribution in [0.2, 0.25) is 0 Å². The van der Waals surface area contributed by atoms with Crippen LogP contribution in [0.25, 0.3) is 6.08 Å². The molecule has 0 saturated heterocycles. The van der Waals surface area contributed by atoms with Crippen LogP contribution in [0.5, 0.6) is 0 Å². The Kier molecular flexibility index (Phi) is 5.27. The van der Waals surface area contributed by atoms with Crippen molar-refractivity contribution in [1.82, 2.24) is 5.43 Å². The molecule has 0 fully saturated rings. The van der Waals surface area contributed by atoms with Gasteiger partial charge in [0.05, 0.1) is 21.1 Å². The Morgan fingerprint density at radius 2 is 1.94 bits per heavy atom. The van der Waals surface area contributed by atoms with E-state index >= 15 is 0 Å². The summed E-state index contributed by atoms with van der Waals surface area (Å²) in [7, 11) is 5.87. The number of carbonyl (C=O) groups excluding carboxylic acids is 1. The first-order valence-corrected chi connectivity index (χ1v) is 5.81. The van der Waals surface area contributed by atoms with Gasteiger partial charge in [-0.1, -0.05) is 36.4 Å². The van der Waals surface area contributed by atoms with E-state index in [1.807, 2.05) is 57.6 Å². The molecule has 1 N–H and O–H groups in total. The Hall–Kier alpha value is -1.94. The van der Waals surface area contributed by atoms with Crippen LogP contribution in [-0.4, -0.2) is 44.3 Å². The lowest BCUT2D eigenvalue weighted by Gasteiger charge is -2.21. The van der Waals surface area contributed by atoms with Crippen molar-refractivity contribution in [3.8, 4) is 0 Å². The molecule has 0 spiro atoms. The van der Waals surface area contributed by atoms with Crippen molar-refractivity contribution in [2.24, 2.45) is 5.10 Å². The van der Waals surface area contributed by atoms with Gasteiger partial charge in [-0.25, -0.2) is 5.43 Å². The van der Waals surface area contributed by atoms with E-state index in [0.717, 1.165) is 5.56 Å². The van der Waals surface area contributed by atoms with Gasteiger partial charge in [-0.05, 0) is 11.6 Å². The third-order valence-electron chi connectivity index (χ3n) is 2.06. The standard InChI is InChI=1S/C14H19N3O/c1-17(2,3)12-14(18)16-15-11-7-10-13-8-5-4-6-9-13/h4-11H,12H2,1-3H3/p+1/b10-7+,15-11-. The van der Waals surface area contributed by atoms with Gasteiger partial charge in [0.1, 0.15) is 0 Å². The summed E-state index contributed by atoms with van der Waals surface area (Å²) >= 11 is 0. The van der Waals surface area contributed by atoms with Gasteiger partial charge < -0.3 is 4.48 Å². The molecule has 0 atom stereocenters. The number of quaternary nitrogens is 1. The van der Waals surface area contributed by atoms with Gasteiger partial charge in [-0.2, -0.15) is 5.10 Å². The highest BCUT2D eigenvalue weighted by Crippen LogP contribution is 1.99. The second-order valence-electron chi connectivity index (χ2n) is 5.03. The minimum Gasteiger partial charge on any atom is -0.323 e. The molecule has 0 bridgehead atoms. The quantitative estimate of drug-likeness (QED) is 0.477. The Morgan fingerprint density at radius 1 is 1.28 bits per heavy atom. The smallest absolute Gasteiger partial charge is 0.295 e. The summed E-state index contributed by atoms with van der Waals surface area (Å²) in [5.41, 5.74) is 3.59. The minimum atomic E-state index is -0.0909. The summed E-state index contributed by atoms with van der Waals surface area (Å²) < 4.78 is 0.585. The van der Waals surface area contributed by atoms with Crippen LogP contribution in [0.1, 0.15) is 5.56 Å². The topological polar surface area (TPSA) is 41.5 Å². The van der Waals surface area contributed by atoms with Gasteiger partial charge in [0.15, 0.2) is 6.54 Å². The average molecular weight is 246 g/mol. The third-order valence-corrected chi connectivity index (χ3v) is 2.06. The van der Waals surface area contributed by atoms with Crippen molar-refractivity contribution in [2.45, 2.75) is 0 Å². The maximum absolute atomic E-state index is 11.4. The van der Waals surface area contributed by atoms with Gasteiger partial charge in [-0.3, -0.25) is 4.79 Å². The molecule has 96 valence electrons. The minimum absolute atomic E-state index is 0.0909. The largest absolute Gasteiger partial charge is 0.323 e. The number of rotatable bonds is 5. The van der Waals surface area contributed by atoms with E-state index in [9.17, 15) is 4.79 Å². The number of benzene rings is 1. The number of carbonyl (C=O) groups is 1. The molecule has 1 amide bonds. The van der Waals surface area contributed by atoms with Gasteiger partial charge in [0.25, 0.3) is 5.91 Å². The summed E-state index contributed by atoms with van der Waals surface area (Å²) in [6.45, 7) is 0.403. The Morgan fingerprint density at radius 3 is 2.56 bits per heavy atom. The summed E-state index contributed by atoms with van der Waals surface area (Å²) in [6.07, 6.45) is 5.29. The summed E-state index contributed by atoms with van der Waals surface area (Å²) in [4.78, 5) is 11.4. The second kappa shape index (κ2) is 6.71. The Labute approximate surface area is 108 Å². The van der Waals surface area contributed by atoms with E-state index in [-0.39, 0.29) is 5.91 Å². The second-order valence-corrected chi connectivity index (χ2v) is 5.03. The van der Waals surface area contributed by atoms with Crippen molar-refractivity contribution in [2.75, 3.05) is 27.7 Å². The number of amides is 1. The highest BCUT2D eigenvalue weighted by Gasteiger charge is 2.12. The maximum Gasteiger partial charge on any atom is 0.295 e. The molecule has 0 heterocycles. The number of allylic oxidation sites excluding steroid dienone is 1. The SMILES string of the molecule is C[N+](C)(C)CC(=O)N/N=C\C=C\c1ccccc1. The van der Waals surface area contributed by atoms with Crippen LogP contribution in [0.3, 0.4) is 0 Å². The molecule has 1 aromatic rings. The molecule has 18 heavy (non-hydrogen) atoms. The summed E-state index contributed by atoms with van der Waals surface area (Å²) in [5, 5.41) is 3.85. The maximum atomic E-state index is 11.4. The van der Waals surface area contributed by atoms with Crippen molar-refractivity contribution in [3.05, 3.63) is 42.0 Å². The normalized spacial score (nSPS) is 12.2. The number of nitrogens with one attached hydrogen (secondary N) is 1. The van der Waals surface area contributed by atoms with Crippen molar-refractivity contribution >= 4 is 18.2 Å². The Bertz CT molecular complexity index is 430.